The van der Waals surface area contributed by atoms with Gasteiger partial charge in [0.2, 0.25) is 10.0 Å². The Morgan fingerprint density at radius 3 is 2.47 bits per heavy atom. The van der Waals surface area contributed by atoms with E-state index in [9.17, 15) is 13.2 Å². The largest absolute Gasteiger partial charge is 0.469 e. The summed E-state index contributed by atoms with van der Waals surface area (Å²) in [5, 5.41) is 0.464. The Bertz CT molecular complexity index is 1070. The van der Waals surface area contributed by atoms with E-state index in [0.29, 0.717) is 18.0 Å². The maximum absolute atomic E-state index is 12.9. The number of aryl methyl sites for hydroxylation is 1. The van der Waals surface area contributed by atoms with Crippen LogP contribution in [0.1, 0.15) is 23.6 Å². The number of benzene rings is 2. The molecule has 0 radical (unpaired) electrons. The van der Waals surface area contributed by atoms with Gasteiger partial charge in [-0.1, -0.05) is 35.9 Å². The van der Waals surface area contributed by atoms with Crippen molar-refractivity contribution in [2.45, 2.75) is 30.3 Å². The van der Waals surface area contributed by atoms with Crippen molar-refractivity contribution in [2.24, 2.45) is 0 Å². The summed E-state index contributed by atoms with van der Waals surface area (Å²) in [6.45, 7) is 0.369. The molecule has 2 aromatic carbocycles. The Kier molecular flexibility index (Phi) is 7.25. The van der Waals surface area contributed by atoms with Crippen molar-refractivity contribution in [3.05, 3.63) is 83.4 Å². The number of aromatic nitrogens is 2. The molecule has 0 bridgehead atoms. The third kappa shape index (κ3) is 5.91. The number of rotatable bonds is 9. The van der Waals surface area contributed by atoms with Crippen LogP contribution in [0.25, 0.3) is 0 Å². The smallest absolute Gasteiger partial charge is 0.305 e. The lowest BCUT2D eigenvalue weighted by molar-refractivity contribution is -0.140. The second-order valence-electron chi connectivity index (χ2n) is 6.70. The molecule has 0 amide bonds. The molecule has 1 N–H and O–H groups in total. The first kappa shape index (κ1) is 22.0. The zero-order valence-corrected chi connectivity index (χ0v) is 17.9. The van der Waals surface area contributed by atoms with E-state index >= 15 is 0 Å². The van der Waals surface area contributed by atoms with Crippen LogP contribution in [0.4, 0.5) is 0 Å². The van der Waals surface area contributed by atoms with E-state index in [1.807, 2.05) is 24.3 Å². The zero-order valence-electron chi connectivity index (χ0n) is 16.4. The molecule has 3 rings (SSSR count). The Labute approximate surface area is 180 Å². The quantitative estimate of drug-likeness (QED) is 0.508. The van der Waals surface area contributed by atoms with Crippen molar-refractivity contribution >= 4 is 27.6 Å². The van der Waals surface area contributed by atoms with Gasteiger partial charge in [-0.15, -0.1) is 0 Å². The Hall–Kier alpha value is -2.68. The van der Waals surface area contributed by atoms with Crippen LogP contribution in [0.3, 0.4) is 0 Å². The molecule has 0 fully saturated rings. The molecule has 7 nitrogen and oxygen atoms in total. The number of nitrogens with zero attached hydrogens (tertiary/aromatic N) is 2. The summed E-state index contributed by atoms with van der Waals surface area (Å²) in [6, 6.07) is 13.0. The molecular formula is C21H22ClN3O4S. The SMILES string of the molecule is COC(=O)CCc1ccc(C(Cn2ccnc2)NS(=O)(=O)c2ccc(Cl)cc2)cc1. The summed E-state index contributed by atoms with van der Waals surface area (Å²) in [7, 11) is -2.41. The molecule has 0 aliphatic rings. The van der Waals surface area contributed by atoms with Crippen LogP contribution in [0.2, 0.25) is 5.02 Å². The first-order valence-electron chi connectivity index (χ1n) is 9.26. The number of ether oxygens (including phenoxy) is 1. The van der Waals surface area contributed by atoms with Crippen molar-refractivity contribution in [1.29, 1.82) is 0 Å². The highest BCUT2D eigenvalue weighted by Crippen LogP contribution is 2.21. The van der Waals surface area contributed by atoms with E-state index in [1.54, 1.807) is 23.3 Å². The molecule has 0 aliphatic carbocycles. The Balaban J connectivity index is 1.82. The van der Waals surface area contributed by atoms with Crippen LogP contribution in [-0.2, 0) is 32.5 Å². The van der Waals surface area contributed by atoms with Crippen molar-refractivity contribution in [1.82, 2.24) is 14.3 Å². The molecular weight excluding hydrogens is 426 g/mol. The van der Waals surface area contributed by atoms with Gasteiger partial charge in [0.15, 0.2) is 0 Å². The summed E-state index contributed by atoms with van der Waals surface area (Å²) >= 11 is 5.87. The van der Waals surface area contributed by atoms with Crippen LogP contribution < -0.4 is 4.72 Å². The molecule has 1 heterocycles. The van der Waals surface area contributed by atoms with Gasteiger partial charge in [0.1, 0.15) is 0 Å². The van der Waals surface area contributed by atoms with Crippen molar-refractivity contribution in [3.63, 3.8) is 0 Å². The van der Waals surface area contributed by atoms with E-state index in [0.717, 1.165) is 11.1 Å². The molecule has 3 aromatic rings. The Morgan fingerprint density at radius 2 is 1.87 bits per heavy atom. The average Bonchev–Trinajstić information content (AvgIpc) is 3.25. The van der Waals surface area contributed by atoms with Crippen LogP contribution in [0.15, 0.2) is 72.1 Å². The lowest BCUT2D eigenvalue weighted by Crippen LogP contribution is -2.31. The maximum Gasteiger partial charge on any atom is 0.305 e. The highest BCUT2D eigenvalue weighted by Gasteiger charge is 2.22. The molecule has 1 unspecified atom stereocenters. The number of halogens is 1. The number of carbonyl (C=O) groups excluding carboxylic acids is 1. The van der Waals surface area contributed by atoms with Crippen LogP contribution in [0.5, 0.6) is 0 Å². The van der Waals surface area contributed by atoms with Gasteiger partial charge in [-0.2, -0.15) is 0 Å². The van der Waals surface area contributed by atoms with E-state index in [-0.39, 0.29) is 17.3 Å². The monoisotopic (exact) mass is 447 g/mol. The topological polar surface area (TPSA) is 90.3 Å². The summed E-state index contributed by atoms with van der Waals surface area (Å²) in [4.78, 5) is 15.5. The summed E-state index contributed by atoms with van der Waals surface area (Å²) < 4.78 is 35.0. The fraction of sp³-hybridized carbons (Fsp3) is 0.238. The lowest BCUT2D eigenvalue weighted by atomic mass is 10.0. The molecule has 1 aromatic heterocycles. The molecule has 0 saturated carbocycles. The third-order valence-electron chi connectivity index (χ3n) is 4.60. The van der Waals surface area contributed by atoms with Gasteiger partial charge in [0.25, 0.3) is 0 Å². The van der Waals surface area contributed by atoms with Gasteiger partial charge in [-0.05, 0) is 41.8 Å². The number of carbonyl (C=O) groups is 1. The number of imidazole rings is 1. The minimum atomic E-state index is -3.77. The second-order valence-corrected chi connectivity index (χ2v) is 8.86. The number of sulfonamides is 1. The minimum Gasteiger partial charge on any atom is -0.469 e. The predicted molar refractivity (Wildman–Crippen MR) is 114 cm³/mol. The summed E-state index contributed by atoms with van der Waals surface area (Å²) in [5.74, 6) is -0.271. The molecule has 9 heteroatoms. The molecule has 158 valence electrons. The molecule has 0 aliphatic heterocycles. The molecule has 30 heavy (non-hydrogen) atoms. The van der Waals surface area contributed by atoms with E-state index in [1.165, 1.54) is 31.4 Å². The van der Waals surface area contributed by atoms with Crippen LogP contribution in [-0.4, -0.2) is 31.0 Å². The van der Waals surface area contributed by atoms with Crippen LogP contribution in [0, 0.1) is 0 Å². The molecule has 0 spiro atoms. The number of hydrogen-bond acceptors (Lipinski definition) is 5. The molecule has 1 atom stereocenters. The average molecular weight is 448 g/mol. The van der Waals surface area contributed by atoms with E-state index in [4.69, 9.17) is 11.6 Å². The number of esters is 1. The highest BCUT2D eigenvalue weighted by molar-refractivity contribution is 7.89. The summed E-state index contributed by atoms with van der Waals surface area (Å²) in [6.07, 6.45) is 5.89. The van der Waals surface area contributed by atoms with E-state index in [2.05, 4.69) is 14.4 Å². The number of methoxy groups -OCH3 is 1. The van der Waals surface area contributed by atoms with Crippen molar-refractivity contribution in [2.75, 3.05) is 7.11 Å². The highest BCUT2D eigenvalue weighted by atomic mass is 35.5. The fourth-order valence-electron chi connectivity index (χ4n) is 2.95. The Morgan fingerprint density at radius 1 is 1.17 bits per heavy atom. The number of hydrogen-bond donors (Lipinski definition) is 1. The van der Waals surface area contributed by atoms with Gasteiger partial charge in [0.05, 0.1) is 24.4 Å². The van der Waals surface area contributed by atoms with E-state index < -0.39 is 16.1 Å². The van der Waals surface area contributed by atoms with Crippen LogP contribution >= 0.6 is 11.6 Å². The third-order valence-corrected chi connectivity index (χ3v) is 6.34. The fourth-order valence-corrected chi connectivity index (χ4v) is 4.29. The lowest BCUT2D eigenvalue weighted by Gasteiger charge is -2.20. The molecule has 0 saturated heterocycles. The normalized spacial score (nSPS) is 12.5. The van der Waals surface area contributed by atoms with Gasteiger partial charge in [-0.3, -0.25) is 4.79 Å². The van der Waals surface area contributed by atoms with Crippen molar-refractivity contribution in [3.8, 4) is 0 Å². The van der Waals surface area contributed by atoms with Gasteiger partial charge in [0, 0.05) is 30.4 Å². The minimum absolute atomic E-state index is 0.136. The van der Waals surface area contributed by atoms with Gasteiger partial charge in [-0.25, -0.2) is 18.1 Å². The second kappa shape index (κ2) is 9.88. The maximum atomic E-state index is 12.9. The van der Waals surface area contributed by atoms with Gasteiger partial charge >= 0.3 is 5.97 Å². The predicted octanol–water partition coefficient (Wildman–Crippen LogP) is 3.36. The van der Waals surface area contributed by atoms with Crippen molar-refractivity contribution < 1.29 is 17.9 Å². The van der Waals surface area contributed by atoms with Gasteiger partial charge < -0.3 is 9.30 Å². The first-order valence-corrected chi connectivity index (χ1v) is 11.1. The number of nitrogens with one attached hydrogen (secondary N) is 1. The zero-order chi connectivity index (χ0) is 21.6. The standard InChI is InChI=1S/C21H22ClN3O4S/c1-29-21(26)11-4-16-2-5-17(6-3-16)20(14-25-13-12-23-15-25)24-30(27,28)19-9-7-18(22)8-10-19/h2-3,5-10,12-13,15,20,24H,4,11,14H2,1H3. The summed E-state index contributed by atoms with van der Waals surface area (Å²) in [5.41, 5.74) is 1.76. The first-order chi connectivity index (χ1) is 14.4.